The van der Waals surface area contributed by atoms with E-state index in [9.17, 15) is 9.18 Å². The first-order chi connectivity index (χ1) is 11.1. The SMILES string of the molecule is O=C(NCCCCOc1ccc(F)cc1)c1ccc(Cl)cc1I. The fourth-order valence-electron chi connectivity index (χ4n) is 1.92. The highest BCUT2D eigenvalue weighted by molar-refractivity contribution is 14.1. The second-order valence-corrected chi connectivity index (χ2v) is 6.49. The van der Waals surface area contributed by atoms with Gasteiger partial charge in [-0.2, -0.15) is 0 Å². The Hall–Kier alpha value is -1.34. The third-order valence-corrected chi connectivity index (χ3v) is 4.24. The van der Waals surface area contributed by atoms with Crippen LogP contribution in [0, 0.1) is 9.39 Å². The molecular formula is C17H16ClFINO2. The van der Waals surface area contributed by atoms with Gasteiger partial charge in [0.1, 0.15) is 11.6 Å². The third kappa shape index (κ3) is 5.99. The summed E-state index contributed by atoms with van der Waals surface area (Å²) in [6, 6.07) is 11.1. The molecule has 0 aliphatic rings. The van der Waals surface area contributed by atoms with Crippen LogP contribution in [0.15, 0.2) is 42.5 Å². The number of unbranched alkanes of at least 4 members (excludes halogenated alkanes) is 1. The maximum Gasteiger partial charge on any atom is 0.252 e. The lowest BCUT2D eigenvalue weighted by Gasteiger charge is -2.08. The molecule has 1 amide bonds. The topological polar surface area (TPSA) is 38.3 Å². The number of hydrogen-bond donors (Lipinski definition) is 1. The van der Waals surface area contributed by atoms with Gasteiger partial charge in [0.05, 0.1) is 12.2 Å². The van der Waals surface area contributed by atoms with Gasteiger partial charge in [-0.15, -0.1) is 0 Å². The average molecular weight is 448 g/mol. The molecule has 6 heteroatoms. The highest BCUT2D eigenvalue weighted by Gasteiger charge is 2.09. The molecule has 0 saturated heterocycles. The molecule has 2 aromatic carbocycles. The van der Waals surface area contributed by atoms with Crippen LogP contribution in [-0.2, 0) is 0 Å². The predicted octanol–water partition coefficient (Wildman–Crippen LogP) is 4.67. The molecule has 122 valence electrons. The largest absolute Gasteiger partial charge is 0.494 e. The number of rotatable bonds is 7. The van der Waals surface area contributed by atoms with Crippen LogP contribution in [-0.4, -0.2) is 19.1 Å². The summed E-state index contributed by atoms with van der Waals surface area (Å²) >= 11 is 7.96. The van der Waals surface area contributed by atoms with Crippen molar-refractivity contribution in [2.75, 3.05) is 13.2 Å². The fourth-order valence-corrected chi connectivity index (χ4v) is 3.04. The van der Waals surface area contributed by atoms with E-state index in [1.807, 2.05) is 0 Å². The maximum atomic E-state index is 12.7. The highest BCUT2D eigenvalue weighted by Crippen LogP contribution is 2.18. The Morgan fingerprint density at radius 1 is 1.17 bits per heavy atom. The molecule has 3 nitrogen and oxygen atoms in total. The Bertz CT molecular complexity index is 664. The number of ether oxygens (including phenoxy) is 1. The Labute approximate surface area is 153 Å². The van der Waals surface area contributed by atoms with Crippen LogP contribution in [0.5, 0.6) is 5.75 Å². The number of halogens is 3. The van der Waals surface area contributed by atoms with E-state index in [-0.39, 0.29) is 11.7 Å². The summed E-state index contributed by atoms with van der Waals surface area (Å²) in [6.07, 6.45) is 1.60. The number of hydrogen-bond acceptors (Lipinski definition) is 2. The van der Waals surface area contributed by atoms with Crippen molar-refractivity contribution >= 4 is 40.1 Å². The minimum atomic E-state index is -0.281. The van der Waals surface area contributed by atoms with E-state index in [0.29, 0.717) is 29.5 Å². The van der Waals surface area contributed by atoms with Crippen LogP contribution in [0.25, 0.3) is 0 Å². The van der Waals surface area contributed by atoms with Crippen LogP contribution in [0.2, 0.25) is 5.02 Å². The van der Waals surface area contributed by atoms with Crippen molar-refractivity contribution in [3.05, 3.63) is 62.4 Å². The first kappa shape index (κ1) is 18.0. The summed E-state index contributed by atoms with van der Waals surface area (Å²) in [4.78, 5) is 12.0. The van der Waals surface area contributed by atoms with Crippen molar-refractivity contribution in [2.24, 2.45) is 0 Å². The standard InChI is InChI=1S/C17H16ClFINO2/c18-12-3-8-15(16(20)11-12)17(22)21-9-1-2-10-23-14-6-4-13(19)5-7-14/h3-8,11H,1-2,9-10H2,(H,21,22). The molecule has 0 radical (unpaired) electrons. The monoisotopic (exact) mass is 447 g/mol. The van der Waals surface area contributed by atoms with Crippen molar-refractivity contribution in [3.63, 3.8) is 0 Å². The van der Waals surface area contributed by atoms with Gasteiger partial charge in [-0.1, -0.05) is 11.6 Å². The molecule has 0 saturated carbocycles. The molecule has 0 atom stereocenters. The lowest BCUT2D eigenvalue weighted by atomic mass is 10.2. The normalized spacial score (nSPS) is 10.4. The van der Waals surface area contributed by atoms with Crippen molar-refractivity contribution in [1.29, 1.82) is 0 Å². The minimum absolute atomic E-state index is 0.106. The van der Waals surface area contributed by atoms with E-state index in [1.54, 1.807) is 30.3 Å². The lowest BCUT2D eigenvalue weighted by molar-refractivity contribution is 0.0951. The Morgan fingerprint density at radius 3 is 2.61 bits per heavy atom. The van der Waals surface area contributed by atoms with Crippen molar-refractivity contribution in [1.82, 2.24) is 5.32 Å². The number of carbonyl (C=O) groups is 1. The van der Waals surface area contributed by atoms with Gasteiger partial charge in [0, 0.05) is 15.1 Å². The quantitative estimate of drug-likeness (QED) is 0.495. The summed E-state index contributed by atoms with van der Waals surface area (Å²) < 4.78 is 19.1. The number of carbonyl (C=O) groups excluding carboxylic acids is 1. The molecule has 0 bridgehead atoms. The van der Waals surface area contributed by atoms with E-state index < -0.39 is 0 Å². The second kappa shape index (κ2) is 9.08. The zero-order chi connectivity index (χ0) is 16.7. The molecule has 2 aromatic rings. The van der Waals surface area contributed by atoms with E-state index in [2.05, 4.69) is 27.9 Å². The van der Waals surface area contributed by atoms with Crippen LogP contribution in [0.1, 0.15) is 23.2 Å². The number of nitrogens with one attached hydrogen (secondary N) is 1. The van der Waals surface area contributed by atoms with Gasteiger partial charge >= 0.3 is 0 Å². The summed E-state index contributed by atoms with van der Waals surface area (Å²) in [7, 11) is 0. The molecule has 0 aliphatic heterocycles. The Morgan fingerprint density at radius 2 is 1.91 bits per heavy atom. The van der Waals surface area contributed by atoms with Gasteiger partial charge in [-0.3, -0.25) is 4.79 Å². The van der Waals surface area contributed by atoms with Gasteiger partial charge in [0.2, 0.25) is 0 Å². The highest BCUT2D eigenvalue weighted by atomic mass is 127. The molecule has 1 N–H and O–H groups in total. The van der Waals surface area contributed by atoms with E-state index in [0.717, 1.165) is 16.4 Å². The lowest BCUT2D eigenvalue weighted by Crippen LogP contribution is -2.25. The zero-order valence-electron chi connectivity index (χ0n) is 12.3. The van der Waals surface area contributed by atoms with Gasteiger partial charge in [-0.25, -0.2) is 4.39 Å². The predicted molar refractivity (Wildman–Crippen MR) is 97.6 cm³/mol. The van der Waals surface area contributed by atoms with E-state index >= 15 is 0 Å². The van der Waals surface area contributed by atoms with Crippen LogP contribution >= 0.6 is 34.2 Å². The molecule has 0 aliphatic carbocycles. The van der Waals surface area contributed by atoms with E-state index in [4.69, 9.17) is 16.3 Å². The molecule has 0 aromatic heterocycles. The van der Waals surface area contributed by atoms with Crippen LogP contribution in [0.4, 0.5) is 4.39 Å². The molecular weight excluding hydrogens is 432 g/mol. The zero-order valence-corrected chi connectivity index (χ0v) is 15.2. The second-order valence-electron chi connectivity index (χ2n) is 4.89. The Kier molecular flexibility index (Phi) is 7.11. The first-order valence-electron chi connectivity index (χ1n) is 7.18. The number of amides is 1. The van der Waals surface area contributed by atoms with E-state index in [1.165, 1.54) is 12.1 Å². The maximum absolute atomic E-state index is 12.7. The summed E-state index contributed by atoms with van der Waals surface area (Å²) in [5.74, 6) is 0.258. The fraction of sp³-hybridized carbons (Fsp3) is 0.235. The van der Waals surface area contributed by atoms with Crippen LogP contribution < -0.4 is 10.1 Å². The summed E-state index contributed by atoms with van der Waals surface area (Å²) in [6.45, 7) is 1.10. The summed E-state index contributed by atoms with van der Waals surface area (Å²) in [5.41, 5.74) is 0.623. The Balaban J connectivity index is 1.65. The average Bonchev–Trinajstić information content (AvgIpc) is 2.52. The van der Waals surface area contributed by atoms with Gasteiger partial charge in [0.15, 0.2) is 0 Å². The molecule has 0 fully saturated rings. The number of benzene rings is 2. The molecule has 0 heterocycles. The molecule has 23 heavy (non-hydrogen) atoms. The molecule has 0 unspecified atom stereocenters. The van der Waals surface area contributed by atoms with Crippen LogP contribution in [0.3, 0.4) is 0 Å². The van der Waals surface area contributed by atoms with Gasteiger partial charge in [0.25, 0.3) is 5.91 Å². The van der Waals surface area contributed by atoms with Crippen molar-refractivity contribution < 1.29 is 13.9 Å². The molecule has 0 spiro atoms. The van der Waals surface area contributed by atoms with Gasteiger partial charge < -0.3 is 10.1 Å². The first-order valence-corrected chi connectivity index (χ1v) is 8.63. The van der Waals surface area contributed by atoms with Crippen molar-refractivity contribution in [2.45, 2.75) is 12.8 Å². The smallest absolute Gasteiger partial charge is 0.252 e. The third-order valence-electron chi connectivity index (χ3n) is 3.11. The molecule has 2 rings (SSSR count). The summed E-state index contributed by atoms with van der Waals surface area (Å²) in [5, 5.41) is 3.49. The van der Waals surface area contributed by atoms with Gasteiger partial charge in [-0.05, 0) is 77.9 Å². The minimum Gasteiger partial charge on any atom is -0.494 e. The van der Waals surface area contributed by atoms with Crippen molar-refractivity contribution in [3.8, 4) is 5.75 Å².